The predicted molar refractivity (Wildman–Crippen MR) is 86.1 cm³/mol. The number of hydrogen-bond acceptors (Lipinski definition) is 5. The molecular formula is C15H22N4O2S. The van der Waals surface area contributed by atoms with Crippen LogP contribution in [-0.4, -0.2) is 33.5 Å². The van der Waals surface area contributed by atoms with Crippen LogP contribution in [-0.2, 0) is 17.9 Å². The van der Waals surface area contributed by atoms with Crippen LogP contribution in [0.1, 0.15) is 39.7 Å². The fourth-order valence-electron chi connectivity index (χ4n) is 2.18. The standard InChI is InChI=1S/C15H22N4O2S/c1-5-21-9-13-8-19(18-17-13)7-10(2)16-15(20)14-6-11(3)22-12(14)4/h6,8,10H,5,7,9H2,1-4H3,(H,16,20)/t10-/m0/s1. The van der Waals surface area contributed by atoms with Crippen LogP contribution in [0, 0.1) is 13.8 Å². The van der Waals surface area contributed by atoms with Crippen molar-refractivity contribution in [1.82, 2.24) is 20.3 Å². The molecule has 1 atom stereocenters. The molecule has 0 aliphatic heterocycles. The summed E-state index contributed by atoms with van der Waals surface area (Å²) >= 11 is 1.64. The fourth-order valence-corrected chi connectivity index (χ4v) is 3.11. The number of thiophene rings is 1. The summed E-state index contributed by atoms with van der Waals surface area (Å²) in [6, 6.07) is 1.89. The van der Waals surface area contributed by atoms with Gasteiger partial charge in [-0.15, -0.1) is 16.4 Å². The Morgan fingerprint density at radius 1 is 1.50 bits per heavy atom. The zero-order valence-corrected chi connectivity index (χ0v) is 14.2. The van der Waals surface area contributed by atoms with Crippen LogP contribution in [0.2, 0.25) is 0 Å². The first-order valence-electron chi connectivity index (χ1n) is 7.34. The summed E-state index contributed by atoms with van der Waals surface area (Å²) in [5, 5.41) is 11.1. The highest BCUT2D eigenvalue weighted by atomic mass is 32.1. The van der Waals surface area contributed by atoms with E-state index in [0.717, 1.165) is 21.0 Å². The second-order valence-corrected chi connectivity index (χ2v) is 6.73. The molecule has 0 aliphatic rings. The maximum atomic E-state index is 12.3. The average Bonchev–Trinajstić information content (AvgIpc) is 3.02. The Kier molecular flexibility index (Phi) is 5.68. The van der Waals surface area contributed by atoms with Crippen LogP contribution in [0.25, 0.3) is 0 Å². The van der Waals surface area contributed by atoms with Crippen molar-refractivity contribution >= 4 is 17.2 Å². The number of nitrogens with one attached hydrogen (secondary N) is 1. The predicted octanol–water partition coefficient (Wildman–Crippen LogP) is 2.31. The number of amides is 1. The topological polar surface area (TPSA) is 69.0 Å². The van der Waals surface area contributed by atoms with Gasteiger partial charge in [0.2, 0.25) is 0 Å². The quantitative estimate of drug-likeness (QED) is 0.849. The van der Waals surface area contributed by atoms with E-state index in [1.165, 1.54) is 0 Å². The SMILES string of the molecule is CCOCc1cn(C[C@H](C)NC(=O)c2cc(C)sc2C)nn1. The van der Waals surface area contributed by atoms with Crippen LogP contribution >= 0.6 is 11.3 Å². The number of aromatic nitrogens is 3. The molecule has 0 saturated carbocycles. The van der Waals surface area contributed by atoms with Gasteiger partial charge in [0.25, 0.3) is 5.91 Å². The van der Waals surface area contributed by atoms with E-state index in [1.54, 1.807) is 16.0 Å². The number of nitrogens with zero attached hydrogens (tertiary/aromatic N) is 3. The Balaban J connectivity index is 1.89. The van der Waals surface area contributed by atoms with Gasteiger partial charge in [-0.2, -0.15) is 0 Å². The molecule has 1 N–H and O–H groups in total. The van der Waals surface area contributed by atoms with Gasteiger partial charge >= 0.3 is 0 Å². The summed E-state index contributed by atoms with van der Waals surface area (Å²) in [6.07, 6.45) is 1.85. The zero-order valence-electron chi connectivity index (χ0n) is 13.4. The van der Waals surface area contributed by atoms with Crippen molar-refractivity contribution in [2.45, 2.75) is 46.9 Å². The Hall–Kier alpha value is -1.73. The number of carbonyl (C=O) groups is 1. The van der Waals surface area contributed by atoms with Crippen molar-refractivity contribution < 1.29 is 9.53 Å². The molecular weight excluding hydrogens is 300 g/mol. The van der Waals surface area contributed by atoms with Crippen molar-refractivity contribution in [1.29, 1.82) is 0 Å². The smallest absolute Gasteiger partial charge is 0.252 e. The van der Waals surface area contributed by atoms with Gasteiger partial charge < -0.3 is 10.1 Å². The lowest BCUT2D eigenvalue weighted by Crippen LogP contribution is -2.35. The lowest BCUT2D eigenvalue weighted by atomic mass is 10.2. The molecule has 0 aliphatic carbocycles. The van der Waals surface area contributed by atoms with Crippen LogP contribution < -0.4 is 5.32 Å². The molecule has 0 saturated heterocycles. The fraction of sp³-hybridized carbons (Fsp3) is 0.533. The van der Waals surface area contributed by atoms with Gasteiger partial charge in [-0.3, -0.25) is 9.48 Å². The first kappa shape index (κ1) is 16.6. The summed E-state index contributed by atoms with van der Waals surface area (Å²) in [6.45, 7) is 9.56. The van der Waals surface area contributed by atoms with Crippen LogP contribution in [0.3, 0.4) is 0 Å². The number of carbonyl (C=O) groups excluding carboxylic acids is 1. The Morgan fingerprint density at radius 3 is 2.91 bits per heavy atom. The van der Waals surface area contributed by atoms with Crippen molar-refractivity contribution in [2.24, 2.45) is 0 Å². The van der Waals surface area contributed by atoms with Crippen LogP contribution in [0.5, 0.6) is 0 Å². The second kappa shape index (κ2) is 7.51. The number of rotatable bonds is 7. The van der Waals surface area contributed by atoms with E-state index in [4.69, 9.17) is 4.74 Å². The third kappa shape index (κ3) is 4.38. The highest BCUT2D eigenvalue weighted by Gasteiger charge is 2.15. The van der Waals surface area contributed by atoms with Gasteiger partial charge in [0.15, 0.2) is 0 Å². The molecule has 2 rings (SSSR count). The summed E-state index contributed by atoms with van der Waals surface area (Å²) in [4.78, 5) is 14.4. The molecule has 2 aromatic heterocycles. The number of aryl methyl sites for hydroxylation is 2. The van der Waals surface area contributed by atoms with Gasteiger partial charge in [0, 0.05) is 22.4 Å². The highest BCUT2D eigenvalue weighted by Crippen LogP contribution is 2.20. The molecule has 0 fully saturated rings. The zero-order chi connectivity index (χ0) is 16.1. The summed E-state index contributed by atoms with van der Waals surface area (Å²) < 4.78 is 7.02. The summed E-state index contributed by atoms with van der Waals surface area (Å²) in [7, 11) is 0. The minimum Gasteiger partial charge on any atom is -0.375 e. The first-order chi connectivity index (χ1) is 10.5. The Bertz CT molecular complexity index is 635. The van der Waals surface area contributed by atoms with E-state index in [-0.39, 0.29) is 11.9 Å². The molecule has 120 valence electrons. The normalized spacial score (nSPS) is 12.4. The maximum Gasteiger partial charge on any atom is 0.252 e. The van der Waals surface area contributed by atoms with E-state index in [9.17, 15) is 4.79 Å². The van der Waals surface area contributed by atoms with Crippen molar-refractivity contribution in [3.05, 3.63) is 33.3 Å². The largest absolute Gasteiger partial charge is 0.375 e. The van der Waals surface area contributed by atoms with Gasteiger partial charge in [0.05, 0.1) is 24.9 Å². The molecule has 0 unspecified atom stereocenters. The summed E-state index contributed by atoms with van der Waals surface area (Å²) in [5.41, 5.74) is 1.55. The molecule has 7 heteroatoms. The second-order valence-electron chi connectivity index (χ2n) is 5.27. The van der Waals surface area contributed by atoms with Crippen LogP contribution in [0.15, 0.2) is 12.3 Å². The van der Waals surface area contributed by atoms with E-state index < -0.39 is 0 Å². The molecule has 0 radical (unpaired) electrons. The first-order valence-corrected chi connectivity index (χ1v) is 8.16. The molecule has 0 aromatic carbocycles. The highest BCUT2D eigenvalue weighted by molar-refractivity contribution is 7.12. The van der Waals surface area contributed by atoms with Gasteiger partial charge in [-0.1, -0.05) is 5.21 Å². The number of ether oxygens (including phenoxy) is 1. The molecule has 2 heterocycles. The molecule has 6 nitrogen and oxygen atoms in total. The average molecular weight is 322 g/mol. The van der Waals surface area contributed by atoms with Crippen LogP contribution in [0.4, 0.5) is 0 Å². The van der Waals surface area contributed by atoms with E-state index in [0.29, 0.717) is 19.8 Å². The van der Waals surface area contributed by atoms with E-state index >= 15 is 0 Å². The lowest BCUT2D eigenvalue weighted by Gasteiger charge is -2.13. The number of hydrogen-bond donors (Lipinski definition) is 1. The van der Waals surface area contributed by atoms with Gasteiger partial charge in [-0.05, 0) is 33.8 Å². The minimum atomic E-state index is -0.0380. The molecule has 0 bridgehead atoms. The minimum absolute atomic E-state index is 0.0336. The molecule has 2 aromatic rings. The molecule has 1 amide bonds. The third-order valence-electron chi connectivity index (χ3n) is 3.16. The van der Waals surface area contributed by atoms with Crippen molar-refractivity contribution in [3.8, 4) is 0 Å². The molecule has 22 heavy (non-hydrogen) atoms. The Morgan fingerprint density at radius 2 is 2.27 bits per heavy atom. The summed E-state index contributed by atoms with van der Waals surface area (Å²) in [5.74, 6) is -0.0380. The Labute approximate surface area is 134 Å². The maximum absolute atomic E-state index is 12.3. The van der Waals surface area contributed by atoms with Crippen molar-refractivity contribution in [3.63, 3.8) is 0 Å². The molecule has 0 spiro atoms. The van der Waals surface area contributed by atoms with Gasteiger partial charge in [0.1, 0.15) is 5.69 Å². The monoisotopic (exact) mass is 322 g/mol. The van der Waals surface area contributed by atoms with E-state index in [2.05, 4.69) is 15.6 Å². The lowest BCUT2D eigenvalue weighted by molar-refractivity contribution is 0.0935. The van der Waals surface area contributed by atoms with Crippen molar-refractivity contribution in [2.75, 3.05) is 6.61 Å². The third-order valence-corrected chi connectivity index (χ3v) is 4.13. The van der Waals surface area contributed by atoms with E-state index in [1.807, 2.05) is 40.0 Å². The van der Waals surface area contributed by atoms with Gasteiger partial charge in [-0.25, -0.2) is 0 Å².